The zero-order valence-corrected chi connectivity index (χ0v) is 9.72. The molecule has 1 aromatic carbocycles. The van der Waals surface area contributed by atoms with Crippen molar-refractivity contribution in [3.63, 3.8) is 0 Å². The van der Waals surface area contributed by atoms with Crippen molar-refractivity contribution in [2.75, 3.05) is 0 Å². The van der Waals surface area contributed by atoms with Crippen molar-refractivity contribution in [2.24, 2.45) is 0 Å². The SMILES string of the molecule is Fc1[c-]ccc(Br)c1Cl.[Re]. The topological polar surface area (TPSA) is 0 Å². The fourth-order valence-corrected chi connectivity index (χ4v) is 0.853. The second-order valence-corrected chi connectivity index (χ2v) is 2.69. The monoisotopic (exact) mass is 394 g/mol. The van der Waals surface area contributed by atoms with Crippen LogP contribution in [0.5, 0.6) is 0 Å². The van der Waals surface area contributed by atoms with Gasteiger partial charge in [-0.05, 0) is 5.02 Å². The summed E-state index contributed by atoms with van der Waals surface area (Å²) < 4.78 is 12.9. The van der Waals surface area contributed by atoms with Crippen LogP contribution < -0.4 is 0 Å². The van der Waals surface area contributed by atoms with Crippen molar-refractivity contribution in [1.82, 2.24) is 0 Å². The largest absolute Gasteiger partial charge is 0.235 e. The summed E-state index contributed by atoms with van der Waals surface area (Å²) in [6.45, 7) is 0. The molecule has 10 heavy (non-hydrogen) atoms. The molecule has 0 bridgehead atoms. The molecule has 0 unspecified atom stereocenters. The van der Waals surface area contributed by atoms with Crippen molar-refractivity contribution in [3.8, 4) is 0 Å². The summed E-state index contributed by atoms with van der Waals surface area (Å²) in [7, 11) is 0. The van der Waals surface area contributed by atoms with E-state index < -0.39 is 5.82 Å². The zero-order chi connectivity index (χ0) is 6.85. The van der Waals surface area contributed by atoms with Crippen LogP contribution in [0, 0.1) is 11.9 Å². The van der Waals surface area contributed by atoms with Crippen LogP contribution in [0.25, 0.3) is 0 Å². The maximum atomic E-state index is 12.4. The molecule has 4 heteroatoms. The molecule has 0 aliphatic rings. The molecule has 1 radical (unpaired) electrons. The summed E-state index contributed by atoms with van der Waals surface area (Å²) in [5.41, 5.74) is 0. The fourth-order valence-electron chi connectivity index (χ4n) is 0.429. The Kier molecular flexibility index (Phi) is 4.72. The first-order valence-electron chi connectivity index (χ1n) is 2.23. The van der Waals surface area contributed by atoms with Gasteiger partial charge in [0.05, 0.1) is 0 Å². The molecule has 0 spiro atoms. The molecule has 0 aliphatic carbocycles. The van der Waals surface area contributed by atoms with Crippen molar-refractivity contribution < 1.29 is 24.8 Å². The summed E-state index contributed by atoms with van der Waals surface area (Å²) in [4.78, 5) is 0. The van der Waals surface area contributed by atoms with Crippen LogP contribution >= 0.6 is 27.5 Å². The molecule has 1 aromatic rings. The fraction of sp³-hybridized carbons (Fsp3) is 0. The zero-order valence-electron chi connectivity index (χ0n) is 4.67. The minimum absolute atomic E-state index is 0. The van der Waals surface area contributed by atoms with Gasteiger partial charge in [0.25, 0.3) is 0 Å². The summed E-state index contributed by atoms with van der Waals surface area (Å²) in [5.74, 6) is -0.522. The van der Waals surface area contributed by atoms with E-state index in [-0.39, 0.29) is 25.4 Å². The predicted molar refractivity (Wildman–Crippen MR) is 37.9 cm³/mol. The molecule has 1 rings (SSSR count). The Morgan fingerprint density at radius 3 is 2.60 bits per heavy atom. The second kappa shape index (κ2) is 4.46. The molecule has 0 amide bonds. The first-order valence-corrected chi connectivity index (χ1v) is 3.40. The minimum atomic E-state index is -0.522. The van der Waals surface area contributed by atoms with Crippen LogP contribution in [0.3, 0.4) is 0 Å². The van der Waals surface area contributed by atoms with E-state index in [1.165, 1.54) is 6.07 Å². The Morgan fingerprint density at radius 2 is 2.20 bits per heavy atom. The third-order valence-corrected chi connectivity index (χ3v) is 2.10. The van der Waals surface area contributed by atoms with E-state index in [1.54, 1.807) is 6.07 Å². The molecular weight excluding hydrogens is 393 g/mol. The maximum absolute atomic E-state index is 12.4. The van der Waals surface area contributed by atoms with Gasteiger partial charge in [-0.1, -0.05) is 20.4 Å². The molecule has 0 aliphatic heterocycles. The van der Waals surface area contributed by atoms with Crippen molar-refractivity contribution in [3.05, 3.63) is 33.5 Å². The Hall–Kier alpha value is 0.582. The molecule has 0 fully saturated rings. The number of benzene rings is 1. The van der Waals surface area contributed by atoms with Crippen LogP contribution in [0.2, 0.25) is 5.02 Å². The van der Waals surface area contributed by atoms with E-state index in [2.05, 4.69) is 22.0 Å². The van der Waals surface area contributed by atoms with Crippen LogP contribution in [0.15, 0.2) is 16.6 Å². The number of rotatable bonds is 0. The molecule has 0 saturated carbocycles. The summed E-state index contributed by atoms with van der Waals surface area (Å²) in [6.07, 6.45) is 0. The molecule has 0 heterocycles. The molecule has 0 nitrogen and oxygen atoms in total. The maximum Gasteiger partial charge on any atom is 0.0299 e. The molecule has 0 atom stereocenters. The first kappa shape index (κ1) is 10.6. The smallest absolute Gasteiger partial charge is 0.0299 e. The van der Waals surface area contributed by atoms with E-state index >= 15 is 0 Å². The van der Waals surface area contributed by atoms with Crippen LogP contribution in [-0.4, -0.2) is 0 Å². The van der Waals surface area contributed by atoms with Gasteiger partial charge in [-0.3, -0.25) is 0 Å². The van der Waals surface area contributed by atoms with E-state index in [0.29, 0.717) is 4.47 Å². The Labute approximate surface area is 85.5 Å². The van der Waals surface area contributed by atoms with Gasteiger partial charge in [0.1, 0.15) is 0 Å². The number of halogens is 3. The van der Waals surface area contributed by atoms with Gasteiger partial charge in [-0.2, -0.15) is 23.7 Å². The van der Waals surface area contributed by atoms with E-state index in [9.17, 15) is 4.39 Å². The molecule has 0 N–H and O–H groups in total. The Balaban J connectivity index is 0.000000810. The van der Waals surface area contributed by atoms with Crippen molar-refractivity contribution in [2.45, 2.75) is 0 Å². The summed E-state index contributed by atoms with van der Waals surface area (Å²) in [5, 5.41) is 0.0810. The summed E-state index contributed by atoms with van der Waals surface area (Å²) in [6, 6.07) is 5.41. The normalized spacial score (nSPS) is 8.70. The molecule has 55 valence electrons. The third kappa shape index (κ3) is 2.32. The van der Waals surface area contributed by atoms with Gasteiger partial charge < -0.3 is 0 Å². The van der Waals surface area contributed by atoms with Crippen LogP contribution in [0.4, 0.5) is 4.39 Å². The van der Waals surface area contributed by atoms with Gasteiger partial charge >= 0.3 is 0 Å². The van der Waals surface area contributed by atoms with E-state index in [1.807, 2.05) is 0 Å². The molecule has 0 aromatic heterocycles. The Morgan fingerprint density at radius 1 is 1.60 bits per heavy atom. The van der Waals surface area contributed by atoms with Crippen LogP contribution in [-0.2, 0) is 20.4 Å². The van der Waals surface area contributed by atoms with Gasteiger partial charge in [-0.15, -0.1) is 6.07 Å². The van der Waals surface area contributed by atoms with Crippen LogP contribution in [0.1, 0.15) is 0 Å². The number of hydrogen-bond acceptors (Lipinski definition) is 0. The van der Waals surface area contributed by atoms with Gasteiger partial charge in [0.2, 0.25) is 0 Å². The van der Waals surface area contributed by atoms with Gasteiger partial charge in [0, 0.05) is 26.2 Å². The average molecular weight is 395 g/mol. The van der Waals surface area contributed by atoms with Gasteiger partial charge in [0.15, 0.2) is 0 Å². The average Bonchev–Trinajstić information content (AvgIpc) is 1.83. The first-order chi connectivity index (χ1) is 4.22. The summed E-state index contributed by atoms with van der Waals surface area (Å²) >= 11 is 8.48. The van der Waals surface area contributed by atoms with Crippen molar-refractivity contribution in [1.29, 1.82) is 0 Å². The third-order valence-electron chi connectivity index (χ3n) is 0.842. The minimum Gasteiger partial charge on any atom is -0.235 e. The van der Waals surface area contributed by atoms with Crippen molar-refractivity contribution >= 4 is 27.5 Å². The molecular formula is C6H2BrClFRe-. The standard InChI is InChI=1S/C6H2BrClF.Re/c7-4-2-1-3-5(9)6(4)8;/h1-2H;/q-1;. The predicted octanol–water partition coefficient (Wildman–Crippen LogP) is 3.04. The number of hydrogen-bond donors (Lipinski definition) is 0. The second-order valence-electron chi connectivity index (χ2n) is 1.45. The van der Waals surface area contributed by atoms with E-state index in [4.69, 9.17) is 11.6 Å². The quantitative estimate of drug-likeness (QED) is 0.469. The Bertz CT molecular complexity index is 209. The van der Waals surface area contributed by atoms with E-state index in [0.717, 1.165) is 0 Å². The molecule has 0 saturated heterocycles. The van der Waals surface area contributed by atoms with Gasteiger partial charge in [-0.25, -0.2) is 4.39 Å².